The molecule has 1 aliphatic heterocycles. The minimum Gasteiger partial charge on any atom is -0.383 e. The van der Waals surface area contributed by atoms with Gasteiger partial charge in [-0.25, -0.2) is 0 Å². The molecule has 108 valence electrons. The van der Waals surface area contributed by atoms with Crippen molar-refractivity contribution in [3.8, 4) is 0 Å². The third-order valence-corrected chi connectivity index (χ3v) is 3.81. The molecule has 2 rings (SSSR count). The molecule has 1 heterocycles. The van der Waals surface area contributed by atoms with Crippen LogP contribution in [0.25, 0.3) is 0 Å². The Morgan fingerprint density at radius 3 is 3.00 bits per heavy atom. The molecule has 20 heavy (non-hydrogen) atoms. The SMILES string of the molecule is C=CCN(CCOC)c1cc2c(cc1Br)C(O)C(=O)N2. The summed E-state index contributed by atoms with van der Waals surface area (Å²) in [4.78, 5) is 13.6. The van der Waals surface area contributed by atoms with Gasteiger partial charge in [0.15, 0.2) is 6.10 Å². The molecular formula is C14H17BrN2O3. The minimum atomic E-state index is -1.10. The van der Waals surface area contributed by atoms with Gasteiger partial charge in [-0.05, 0) is 28.1 Å². The summed E-state index contributed by atoms with van der Waals surface area (Å²) in [5.41, 5.74) is 2.16. The van der Waals surface area contributed by atoms with Crippen molar-refractivity contribution in [1.29, 1.82) is 0 Å². The Morgan fingerprint density at radius 2 is 2.35 bits per heavy atom. The number of rotatable bonds is 6. The van der Waals surface area contributed by atoms with Gasteiger partial charge in [0, 0.05) is 35.9 Å². The lowest BCUT2D eigenvalue weighted by atomic mass is 10.1. The van der Waals surface area contributed by atoms with E-state index in [4.69, 9.17) is 4.74 Å². The Balaban J connectivity index is 2.34. The average Bonchev–Trinajstić information content (AvgIpc) is 2.70. The van der Waals surface area contributed by atoms with Crippen molar-refractivity contribution in [2.45, 2.75) is 6.10 Å². The molecule has 1 aromatic rings. The molecule has 0 saturated heterocycles. The Labute approximate surface area is 126 Å². The molecule has 0 bridgehead atoms. The fourth-order valence-electron chi connectivity index (χ4n) is 2.16. The summed E-state index contributed by atoms with van der Waals surface area (Å²) in [5, 5.41) is 12.4. The van der Waals surface area contributed by atoms with Gasteiger partial charge < -0.3 is 20.1 Å². The van der Waals surface area contributed by atoms with Crippen molar-refractivity contribution in [3.63, 3.8) is 0 Å². The van der Waals surface area contributed by atoms with Crippen LogP contribution in [0.1, 0.15) is 11.7 Å². The predicted octanol–water partition coefficient (Wildman–Crippen LogP) is 2.07. The number of ether oxygens (including phenoxy) is 1. The summed E-state index contributed by atoms with van der Waals surface area (Å²) < 4.78 is 5.93. The van der Waals surface area contributed by atoms with Crippen molar-refractivity contribution in [1.82, 2.24) is 0 Å². The van der Waals surface area contributed by atoms with E-state index in [9.17, 15) is 9.90 Å². The number of halogens is 1. The largest absolute Gasteiger partial charge is 0.383 e. The van der Waals surface area contributed by atoms with Gasteiger partial charge in [-0.3, -0.25) is 4.79 Å². The number of hydrogen-bond acceptors (Lipinski definition) is 4. The summed E-state index contributed by atoms with van der Waals surface area (Å²) in [5.74, 6) is -0.392. The number of methoxy groups -OCH3 is 1. The number of carbonyl (C=O) groups excluding carboxylic acids is 1. The highest BCUT2D eigenvalue weighted by Crippen LogP contribution is 2.38. The van der Waals surface area contributed by atoms with Crippen LogP contribution in [0.4, 0.5) is 11.4 Å². The third-order valence-electron chi connectivity index (χ3n) is 3.18. The second kappa shape index (κ2) is 6.39. The van der Waals surface area contributed by atoms with Crippen LogP contribution in [0.2, 0.25) is 0 Å². The van der Waals surface area contributed by atoms with E-state index in [1.807, 2.05) is 12.1 Å². The van der Waals surface area contributed by atoms with Crippen LogP contribution in [-0.4, -0.2) is 37.8 Å². The first-order valence-corrected chi connectivity index (χ1v) is 7.05. The molecule has 5 nitrogen and oxygen atoms in total. The van der Waals surface area contributed by atoms with Gasteiger partial charge in [0.2, 0.25) is 0 Å². The molecule has 0 fully saturated rings. The fraction of sp³-hybridized carbons (Fsp3) is 0.357. The quantitative estimate of drug-likeness (QED) is 0.778. The summed E-state index contributed by atoms with van der Waals surface area (Å²) >= 11 is 3.49. The molecule has 0 radical (unpaired) electrons. The van der Waals surface area contributed by atoms with Gasteiger partial charge in [0.25, 0.3) is 5.91 Å². The van der Waals surface area contributed by atoms with Gasteiger partial charge in [0.1, 0.15) is 0 Å². The van der Waals surface area contributed by atoms with E-state index in [1.165, 1.54) is 0 Å². The van der Waals surface area contributed by atoms with Gasteiger partial charge in [-0.1, -0.05) is 6.08 Å². The minimum absolute atomic E-state index is 0.392. The zero-order valence-electron chi connectivity index (χ0n) is 11.2. The Hall–Kier alpha value is -1.37. The first-order valence-electron chi connectivity index (χ1n) is 6.25. The molecule has 0 saturated carbocycles. The van der Waals surface area contributed by atoms with Crippen molar-refractivity contribution in [3.05, 3.63) is 34.8 Å². The average molecular weight is 341 g/mol. The van der Waals surface area contributed by atoms with E-state index in [0.717, 1.165) is 10.2 Å². The summed E-state index contributed by atoms with van der Waals surface area (Å²) in [6.45, 7) is 5.71. The molecular weight excluding hydrogens is 324 g/mol. The second-order valence-corrected chi connectivity index (χ2v) is 5.36. The van der Waals surface area contributed by atoms with Crippen LogP contribution in [0.15, 0.2) is 29.3 Å². The molecule has 1 amide bonds. The number of fused-ring (bicyclic) bond motifs is 1. The monoisotopic (exact) mass is 340 g/mol. The highest BCUT2D eigenvalue weighted by atomic mass is 79.9. The number of carbonyl (C=O) groups is 1. The van der Waals surface area contributed by atoms with Crippen LogP contribution >= 0.6 is 15.9 Å². The number of nitrogens with zero attached hydrogens (tertiary/aromatic N) is 1. The number of benzene rings is 1. The highest BCUT2D eigenvalue weighted by molar-refractivity contribution is 9.10. The maximum Gasteiger partial charge on any atom is 0.257 e. The number of aliphatic hydroxyl groups is 1. The first kappa shape index (κ1) is 15.0. The molecule has 1 atom stereocenters. The zero-order chi connectivity index (χ0) is 14.7. The van der Waals surface area contributed by atoms with Crippen molar-refractivity contribution in [2.24, 2.45) is 0 Å². The maximum absolute atomic E-state index is 11.5. The molecule has 1 aromatic carbocycles. The summed E-state index contributed by atoms with van der Waals surface area (Å²) in [6, 6.07) is 3.63. The molecule has 0 aliphatic carbocycles. The molecule has 1 aliphatic rings. The zero-order valence-corrected chi connectivity index (χ0v) is 12.8. The van der Waals surface area contributed by atoms with E-state index in [0.29, 0.717) is 30.9 Å². The predicted molar refractivity (Wildman–Crippen MR) is 82.0 cm³/mol. The Kier molecular flexibility index (Phi) is 4.80. The lowest BCUT2D eigenvalue weighted by Gasteiger charge is -2.25. The van der Waals surface area contributed by atoms with Crippen LogP contribution in [0.3, 0.4) is 0 Å². The molecule has 0 spiro atoms. The summed E-state index contributed by atoms with van der Waals surface area (Å²) in [6.07, 6.45) is 0.713. The van der Waals surface area contributed by atoms with Crippen LogP contribution in [0, 0.1) is 0 Å². The van der Waals surface area contributed by atoms with Gasteiger partial charge in [-0.2, -0.15) is 0 Å². The smallest absolute Gasteiger partial charge is 0.257 e. The standard InChI is InChI=1S/C14H17BrN2O3/c1-3-4-17(5-6-20-2)12-8-11-9(7-10(12)15)13(18)14(19)16-11/h3,7-8,13,18H,1,4-6H2,2H3,(H,16,19). The lowest BCUT2D eigenvalue weighted by molar-refractivity contribution is -0.123. The fourth-order valence-corrected chi connectivity index (χ4v) is 2.78. The van der Waals surface area contributed by atoms with Gasteiger partial charge in [0.05, 0.1) is 12.3 Å². The van der Waals surface area contributed by atoms with Crippen LogP contribution in [0.5, 0.6) is 0 Å². The van der Waals surface area contributed by atoms with E-state index in [-0.39, 0.29) is 0 Å². The molecule has 1 unspecified atom stereocenters. The van der Waals surface area contributed by atoms with Gasteiger partial charge >= 0.3 is 0 Å². The van der Waals surface area contributed by atoms with Crippen LogP contribution in [-0.2, 0) is 9.53 Å². The maximum atomic E-state index is 11.5. The molecule has 6 heteroatoms. The number of aliphatic hydroxyl groups excluding tert-OH is 1. The number of anilines is 2. The number of hydrogen-bond donors (Lipinski definition) is 2. The molecule has 0 aromatic heterocycles. The number of nitrogens with one attached hydrogen (secondary N) is 1. The highest BCUT2D eigenvalue weighted by Gasteiger charge is 2.30. The van der Waals surface area contributed by atoms with Crippen LogP contribution < -0.4 is 10.2 Å². The second-order valence-electron chi connectivity index (χ2n) is 4.51. The van der Waals surface area contributed by atoms with E-state index < -0.39 is 12.0 Å². The van der Waals surface area contributed by atoms with Crippen molar-refractivity contribution >= 4 is 33.2 Å². The topological polar surface area (TPSA) is 61.8 Å². The van der Waals surface area contributed by atoms with Gasteiger partial charge in [-0.15, -0.1) is 6.58 Å². The van der Waals surface area contributed by atoms with E-state index in [2.05, 4.69) is 32.7 Å². The summed E-state index contributed by atoms with van der Waals surface area (Å²) in [7, 11) is 1.65. The Morgan fingerprint density at radius 1 is 1.60 bits per heavy atom. The number of amides is 1. The van der Waals surface area contributed by atoms with Crippen molar-refractivity contribution < 1.29 is 14.6 Å². The lowest BCUT2D eigenvalue weighted by Crippen LogP contribution is -2.27. The molecule has 2 N–H and O–H groups in total. The van der Waals surface area contributed by atoms with E-state index in [1.54, 1.807) is 13.2 Å². The Bertz CT molecular complexity index is 533. The third kappa shape index (κ3) is 2.87. The van der Waals surface area contributed by atoms with Crippen molar-refractivity contribution in [2.75, 3.05) is 37.0 Å². The normalized spacial score (nSPS) is 16.8. The van der Waals surface area contributed by atoms with E-state index >= 15 is 0 Å². The first-order chi connectivity index (χ1) is 9.58.